The van der Waals surface area contributed by atoms with Crippen molar-refractivity contribution in [1.82, 2.24) is 0 Å². The van der Waals surface area contributed by atoms with Gasteiger partial charge in [0.15, 0.2) is 9.84 Å². The molecule has 9 heteroatoms. The smallest absolute Gasteiger partial charge is 0.462 e. The minimum absolute atomic E-state index is 0.0743. The maximum absolute atomic E-state index is 13.2. The summed E-state index contributed by atoms with van der Waals surface area (Å²) >= 11 is 0. The van der Waals surface area contributed by atoms with Crippen LogP contribution < -0.4 is 11.2 Å². The van der Waals surface area contributed by atoms with Gasteiger partial charge in [-0.25, -0.2) is 8.42 Å². The molecule has 1 heterocycles. The van der Waals surface area contributed by atoms with Crippen molar-refractivity contribution < 1.29 is 27.6 Å². The number of esters is 1. The lowest BCUT2D eigenvalue weighted by molar-refractivity contribution is -0.149. The minimum Gasteiger partial charge on any atom is -0.462 e. The molecule has 0 saturated heterocycles. The van der Waals surface area contributed by atoms with Crippen LogP contribution in [-0.4, -0.2) is 32.6 Å². The van der Waals surface area contributed by atoms with Crippen LogP contribution in [0.4, 0.5) is 5.69 Å². The molecule has 0 atom stereocenters. The van der Waals surface area contributed by atoms with Crippen LogP contribution >= 0.6 is 0 Å². The summed E-state index contributed by atoms with van der Waals surface area (Å²) in [6, 6.07) is 9.78. The molecule has 0 amide bonds. The topological polar surface area (TPSA) is 116 Å². The molecule has 0 bridgehead atoms. The van der Waals surface area contributed by atoms with Crippen LogP contribution in [0.15, 0.2) is 41.3 Å². The fraction of sp³-hybridized carbons (Fsp3) is 0.409. The molecule has 0 spiro atoms. The molecule has 1 aliphatic heterocycles. The molecular weight excluding hydrogens is 417 g/mol. The second kappa shape index (κ2) is 9.85. The molecule has 31 heavy (non-hydrogen) atoms. The Morgan fingerprint density at radius 3 is 2.68 bits per heavy atom. The third-order valence-electron chi connectivity index (χ3n) is 5.46. The van der Waals surface area contributed by atoms with Gasteiger partial charge in [-0.3, -0.25) is 4.79 Å². The summed E-state index contributed by atoms with van der Waals surface area (Å²) in [7, 11) is -4.74. The van der Waals surface area contributed by atoms with Gasteiger partial charge in [-0.2, -0.15) is 0 Å². The molecule has 0 fully saturated rings. The summed E-state index contributed by atoms with van der Waals surface area (Å²) in [5.74, 6) is -0.589. The third kappa shape index (κ3) is 5.67. The number of hydrogen-bond acceptors (Lipinski definition) is 7. The van der Waals surface area contributed by atoms with E-state index in [2.05, 4.69) is 0 Å². The van der Waals surface area contributed by atoms with Crippen LogP contribution in [0.1, 0.15) is 49.8 Å². The van der Waals surface area contributed by atoms with Gasteiger partial charge in [-0.05, 0) is 59.6 Å². The SMILES string of the molecule is CCC(CC)OC(=O)CCc1cc(N)ccc1S(=O)(=O)Cc1ccc2c(c1)B(O)OC2. The van der Waals surface area contributed by atoms with Crippen molar-refractivity contribution in [3.63, 3.8) is 0 Å². The molecule has 2 aromatic rings. The molecule has 0 aliphatic carbocycles. The summed E-state index contributed by atoms with van der Waals surface area (Å²) in [6.07, 6.45) is 1.64. The van der Waals surface area contributed by atoms with Gasteiger partial charge in [0.05, 0.1) is 17.3 Å². The Bertz CT molecular complexity index is 1050. The number of hydrogen-bond donors (Lipinski definition) is 2. The lowest BCUT2D eigenvalue weighted by Gasteiger charge is -2.15. The van der Waals surface area contributed by atoms with Crippen molar-refractivity contribution in [3.05, 3.63) is 53.1 Å². The zero-order valence-electron chi connectivity index (χ0n) is 17.8. The van der Waals surface area contributed by atoms with E-state index in [-0.39, 0.29) is 35.6 Å². The van der Waals surface area contributed by atoms with Gasteiger partial charge in [-0.1, -0.05) is 32.0 Å². The predicted octanol–water partition coefficient (Wildman–Crippen LogP) is 2.12. The second-order valence-electron chi connectivity index (χ2n) is 7.75. The standard InChI is InChI=1S/C22H28BNO6S/c1-3-19(4-2)30-22(25)10-7-16-12-18(24)8-9-21(16)31(27,28)14-15-5-6-17-13-29-23(26)20(17)11-15/h5-6,8-9,11-12,19,26H,3-4,7,10,13-14,24H2,1-2H3. The summed E-state index contributed by atoms with van der Waals surface area (Å²) in [6.45, 7) is 4.21. The van der Waals surface area contributed by atoms with Crippen molar-refractivity contribution in [2.75, 3.05) is 5.73 Å². The number of carbonyl (C=O) groups excluding carboxylic acids is 1. The molecule has 3 rings (SSSR count). The van der Waals surface area contributed by atoms with Gasteiger partial charge in [0.2, 0.25) is 0 Å². The normalized spacial score (nSPS) is 13.5. The first kappa shape index (κ1) is 23.3. The Morgan fingerprint density at radius 1 is 1.23 bits per heavy atom. The van der Waals surface area contributed by atoms with Gasteiger partial charge in [0.25, 0.3) is 0 Å². The maximum Gasteiger partial charge on any atom is 0.491 e. The first-order chi connectivity index (χ1) is 14.7. The average Bonchev–Trinajstić information content (AvgIpc) is 3.10. The first-order valence-corrected chi connectivity index (χ1v) is 12.1. The summed E-state index contributed by atoms with van der Waals surface area (Å²) in [5, 5.41) is 9.89. The lowest BCUT2D eigenvalue weighted by Crippen LogP contribution is -2.28. The van der Waals surface area contributed by atoms with Gasteiger partial charge in [-0.15, -0.1) is 0 Å². The number of fused-ring (bicyclic) bond motifs is 1. The number of sulfone groups is 1. The number of rotatable bonds is 9. The molecule has 1 aliphatic rings. The quantitative estimate of drug-likeness (QED) is 0.345. The average molecular weight is 445 g/mol. The van der Waals surface area contributed by atoms with Crippen LogP contribution in [0.5, 0.6) is 0 Å². The van der Waals surface area contributed by atoms with E-state index >= 15 is 0 Å². The van der Waals surface area contributed by atoms with Crippen LogP contribution in [0, 0.1) is 0 Å². The van der Waals surface area contributed by atoms with Gasteiger partial charge >= 0.3 is 13.1 Å². The van der Waals surface area contributed by atoms with E-state index in [0.717, 1.165) is 18.4 Å². The van der Waals surface area contributed by atoms with Crippen molar-refractivity contribution in [1.29, 1.82) is 0 Å². The van der Waals surface area contributed by atoms with Gasteiger partial charge in [0.1, 0.15) is 6.10 Å². The van der Waals surface area contributed by atoms with Crippen LogP contribution in [0.2, 0.25) is 0 Å². The highest BCUT2D eigenvalue weighted by Gasteiger charge is 2.28. The van der Waals surface area contributed by atoms with E-state index in [9.17, 15) is 18.2 Å². The Balaban J connectivity index is 1.78. The largest absolute Gasteiger partial charge is 0.491 e. The van der Waals surface area contributed by atoms with E-state index in [1.165, 1.54) is 6.07 Å². The number of benzene rings is 2. The van der Waals surface area contributed by atoms with Crippen LogP contribution in [0.25, 0.3) is 0 Å². The van der Waals surface area contributed by atoms with Crippen molar-refractivity contribution in [2.45, 2.75) is 62.9 Å². The molecular formula is C22H28BNO6S. The van der Waals surface area contributed by atoms with Crippen molar-refractivity contribution in [3.8, 4) is 0 Å². The highest BCUT2D eigenvalue weighted by Crippen LogP contribution is 2.25. The molecule has 0 saturated carbocycles. The summed E-state index contributed by atoms with van der Waals surface area (Å²) < 4.78 is 37.0. The van der Waals surface area contributed by atoms with Gasteiger partial charge < -0.3 is 20.1 Å². The zero-order chi connectivity index (χ0) is 22.6. The molecule has 7 nitrogen and oxygen atoms in total. The lowest BCUT2D eigenvalue weighted by atomic mass is 9.79. The number of nitrogens with two attached hydrogens (primary N) is 1. The Kier molecular flexibility index (Phi) is 7.40. The molecule has 0 aromatic heterocycles. The fourth-order valence-corrected chi connectivity index (χ4v) is 5.30. The summed E-state index contributed by atoms with van der Waals surface area (Å²) in [5.41, 5.74) is 8.79. The molecule has 0 unspecified atom stereocenters. The Hall–Kier alpha value is -2.36. The Morgan fingerprint density at radius 2 is 1.97 bits per heavy atom. The number of aryl methyl sites for hydroxylation is 1. The molecule has 166 valence electrons. The molecule has 2 aromatic carbocycles. The highest BCUT2D eigenvalue weighted by molar-refractivity contribution is 7.90. The zero-order valence-corrected chi connectivity index (χ0v) is 18.7. The van der Waals surface area contributed by atoms with E-state index in [4.69, 9.17) is 15.1 Å². The van der Waals surface area contributed by atoms with Crippen LogP contribution in [0.3, 0.4) is 0 Å². The van der Waals surface area contributed by atoms with Crippen molar-refractivity contribution in [2.24, 2.45) is 0 Å². The van der Waals surface area contributed by atoms with E-state index in [1.54, 1.807) is 30.3 Å². The minimum atomic E-state index is -3.71. The van der Waals surface area contributed by atoms with Crippen LogP contribution in [-0.2, 0) is 42.8 Å². The number of nitrogen functional groups attached to an aromatic ring is 1. The monoisotopic (exact) mass is 445 g/mol. The van der Waals surface area contributed by atoms with E-state index in [1.807, 2.05) is 13.8 Å². The Labute approximate surface area is 183 Å². The number of ether oxygens (including phenoxy) is 1. The van der Waals surface area contributed by atoms with E-state index < -0.39 is 17.0 Å². The number of carbonyl (C=O) groups is 1. The molecule has 3 N–H and O–H groups in total. The first-order valence-electron chi connectivity index (χ1n) is 10.5. The van der Waals surface area contributed by atoms with Crippen molar-refractivity contribution >= 4 is 34.1 Å². The molecule has 0 radical (unpaired) electrons. The van der Waals surface area contributed by atoms with Gasteiger partial charge in [0, 0.05) is 12.1 Å². The predicted molar refractivity (Wildman–Crippen MR) is 119 cm³/mol. The number of anilines is 1. The van der Waals surface area contributed by atoms with E-state index in [0.29, 0.717) is 28.9 Å². The maximum atomic E-state index is 13.2. The fourth-order valence-electron chi connectivity index (χ4n) is 3.69. The summed E-state index contributed by atoms with van der Waals surface area (Å²) in [4.78, 5) is 12.3. The third-order valence-corrected chi connectivity index (χ3v) is 7.24. The second-order valence-corrected chi connectivity index (χ2v) is 9.71. The highest BCUT2D eigenvalue weighted by atomic mass is 32.2.